The molecular weight excluding hydrogens is 569 g/mol. The topological polar surface area (TPSA) is 30.7 Å². The molecule has 1 aromatic heterocycles. The Labute approximate surface area is 120 Å². The minimum absolute atomic E-state index is 0.822. The van der Waals surface area contributed by atoms with E-state index in [2.05, 4.69) is 24.4 Å². The molecule has 3 nitrogen and oxygen atoms in total. The molecule has 2 aromatic rings. The summed E-state index contributed by atoms with van der Waals surface area (Å²) in [6.45, 7) is 0. The van der Waals surface area contributed by atoms with E-state index in [9.17, 15) is 25.2 Å². The normalized spacial score (nSPS) is 20.6. The Morgan fingerprint density at radius 1 is 0.913 bits per heavy atom. The third-order valence-electron chi connectivity index (χ3n) is 2.37. The molecule has 1 heterocycles. The Morgan fingerprint density at radius 2 is 1.30 bits per heavy atom. The molecule has 11 heteroatoms. The van der Waals surface area contributed by atoms with Gasteiger partial charge in [-0.2, -0.15) is 0 Å². The summed E-state index contributed by atoms with van der Waals surface area (Å²) in [6, 6.07) is 7.72. The van der Waals surface area contributed by atoms with E-state index in [-0.39, 0.29) is 0 Å². The third-order valence-corrected chi connectivity index (χ3v) is 12.3. The fourth-order valence-corrected chi connectivity index (χ4v) is 9.28. The van der Waals surface area contributed by atoms with Gasteiger partial charge in [-0.1, -0.05) is 0 Å². The zero-order valence-electron chi connectivity index (χ0n) is 12.7. The molecule has 0 N–H and O–H groups in total. The van der Waals surface area contributed by atoms with Crippen molar-refractivity contribution in [3.05, 3.63) is 24.3 Å². The van der Waals surface area contributed by atoms with E-state index >= 15 is 0 Å². The minimum atomic E-state index is -10.7. The molecule has 0 saturated carbocycles. The average molecular weight is 587 g/mol. The second-order valence-electron chi connectivity index (χ2n) is 8.86. The van der Waals surface area contributed by atoms with Gasteiger partial charge in [0.2, 0.25) is 0 Å². The number of rotatable bonds is 1. The molecule has 0 unspecified atom stereocenters. The first-order valence-corrected chi connectivity index (χ1v) is 30.3. The molecule has 133 valence electrons. The van der Waals surface area contributed by atoms with E-state index in [1.165, 1.54) is 0 Å². The van der Waals surface area contributed by atoms with Crippen LogP contribution in [-0.4, -0.2) is 26.5 Å². The van der Waals surface area contributed by atoms with Crippen molar-refractivity contribution in [2.45, 2.75) is 7.92 Å². The van der Waals surface area contributed by atoms with Crippen LogP contribution in [-0.2, 0) is 0 Å². The molecule has 0 bridgehead atoms. The Kier molecular flexibility index (Phi) is 3.00. The van der Waals surface area contributed by atoms with Gasteiger partial charge >= 0.3 is 120 Å². The molecule has 0 radical (unpaired) electrons. The first-order valence-electron chi connectivity index (χ1n) is 6.33. The molecule has 1 aromatic carbocycles. The van der Waals surface area contributed by atoms with Gasteiger partial charge in [-0.25, -0.2) is 0 Å². The summed E-state index contributed by atoms with van der Waals surface area (Å²) in [4.78, 5) is 0. The number of para-hydroxylation sites is 1. The van der Waals surface area contributed by atoms with Gasteiger partial charge in [0, 0.05) is 0 Å². The fraction of sp³-hybridized carbons (Fsp3) is 0.167. The Balaban J connectivity index is 0.000000322. The fourth-order valence-electron chi connectivity index (χ4n) is 1.67. The molecule has 0 aliphatic rings. The van der Waals surface area contributed by atoms with Crippen molar-refractivity contribution < 1.29 is 42.8 Å². The zero-order chi connectivity index (χ0) is 18.8. The number of fused-ring (bicyclic) bond motifs is 1. The van der Waals surface area contributed by atoms with Crippen molar-refractivity contribution in [3.8, 4) is 0 Å². The van der Waals surface area contributed by atoms with Crippen LogP contribution in [0.2, 0.25) is 7.92 Å². The van der Waals surface area contributed by atoms with Crippen LogP contribution in [0.25, 0.3) is 11.0 Å². The Bertz CT molecular complexity index is 1170. The van der Waals surface area contributed by atoms with Crippen molar-refractivity contribution in [2.75, 3.05) is 0 Å². The molecule has 23 heavy (non-hydrogen) atoms. The second-order valence-corrected chi connectivity index (χ2v) is 61.7. The van der Waals surface area contributed by atoms with Crippen LogP contribution < -0.4 is 0 Å². The summed E-state index contributed by atoms with van der Waals surface area (Å²) >= 11 is -5.03. The summed E-state index contributed by atoms with van der Waals surface area (Å²) < 4.78 is 82.0. The second kappa shape index (κ2) is 3.42. The van der Waals surface area contributed by atoms with Gasteiger partial charge in [0.05, 0.1) is 0 Å². The van der Waals surface area contributed by atoms with Gasteiger partial charge < -0.3 is 0 Å². The SMILES string of the molecule is F[P-](F)(F)(F)(F)F.[CH2]=[U](=[CH2])(=[CH2])(=[CH2])([CH3])([CH3])[n]1nnc2ccccc21. The third kappa shape index (κ3) is 8.00. The predicted molar refractivity (Wildman–Crippen MR) is 86.7 cm³/mol. The Morgan fingerprint density at radius 3 is 1.70 bits per heavy atom. The molecular formula is C12H18F6N3PU-. The van der Waals surface area contributed by atoms with Gasteiger partial charge in [-0.3, -0.25) is 0 Å². The van der Waals surface area contributed by atoms with E-state index in [1.54, 1.807) is 2.02 Å². The van der Waals surface area contributed by atoms with Crippen LogP contribution in [0.5, 0.6) is 0 Å². The first kappa shape index (κ1) is 20.2. The molecule has 0 spiro atoms. The van der Waals surface area contributed by atoms with Crippen molar-refractivity contribution in [3.63, 3.8) is 0 Å². The summed E-state index contributed by atoms with van der Waals surface area (Å²) in [5.74, 6) is 0. The van der Waals surface area contributed by atoms with E-state index in [0.29, 0.717) is 0 Å². The number of hydrogen-bond acceptors (Lipinski definition) is 2. The molecule has 0 aliphatic heterocycles. The number of hydrogen-bond donors (Lipinski definition) is 0. The number of nitrogens with zero attached hydrogens (tertiary/aromatic N) is 3. The first-order chi connectivity index (χ1) is 9.24. The van der Waals surface area contributed by atoms with Gasteiger partial charge in [-0.05, 0) is 0 Å². The van der Waals surface area contributed by atoms with E-state index in [4.69, 9.17) is 0 Å². The standard InChI is InChI=1S/C6H4N3.2CH3.4CH2.F6P.U/c1-2-4-6-5(3-1)7-9-8-6;;;;;;;1-7(2,3,4,5)6;/h1-4H;2*1H3;4*1H2;;/q-1;;;;;;;-1;+1. The molecule has 0 atom stereocenters. The van der Waals surface area contributed by atoms with Gasteiger partial charge in [0.25, 0.3) is 0 Å². The number of aromatic nitrogens is 3. The predicted octanol–water partition coefficient (Wildman–Crippen LogP) is 5.16. The van der Waals surface area contributed by atoms with E-state index < -0.39 is 25.4 Å². The summed E-state index contributed by atoms with van der Waals surface area (Å²) in [5, 5.41) is 8.31. The summed E-state index contributed by atoms with van der Waals surface area (Å²) in [7, 11) is -10.7. The average Bonchev–Trinajstić information content (AvgIpc) is 2.51. The summed E-state index contributed by atoms with van der Waals surface area (Å²) in [5.41, 5.74) is 1.72. The van der Waals surface area contributed by atoms with Gasteiger partial charge in [0.15, 0.2) is 0 Å². The van der Waals surface area contributed by atoms with Gasteiger partial charge in [-0.15, -0.1) is 0 Å². The van der Waals surface area contributed by atoms with Crippen molar-refractivity contribution in [1.29, 1.82) is 0 Å². The molecule has 0 saturated heterocycles. The molecule has 0 amide bonds. The Hall–Kier alpha value is -0.838. The van der Waals surface area contributed by atoms with Crippen LogP contribution in [0.4, 0.5) is 25.2 Å². The van der Waals surface area contributed by atoms with Gasteiger partial charge in [0.1, 0.15) is 0 Å². The monoisotopic (exact) mass is 587 g/mol. The number of halogens is 6. The maximum absolute atomic E-state index is 10.7. The van der Waals surface area contributed by atoms with E-state index in [0.717, 1.165) is 11.0 Å². The van der Waals surface area contributed by atoms with Crippen LogP contribution in [0.3, 0.4) is 0 Å². The molecule has 2 rings (SSSR count). The maximum atomic E-state index is 9.87. The van der Waals surface area contributed by atoms with Crippen LogP contribution >= 0.6 is 7.81 Å². The van der Waals surface area contributed by atoms with Crippen LogP contribution in [0.1, 0.15) is 0 Å². The summed E-state index contributed by atoms with van der Waals surface area (Å²) in [6.07, 6.45) is 0. The van der Waals surface area contributed by atoms with Crippen molar-refractivity contribution >= 4 is 33.0 Å². The molecule has 0 fully saturated rings. The van der Waals surface area contributed by atoms with Crippen LogP contribution in [0.15, 0.2) is 24.3 Å². The number of benzene rings is 1. The van der Waals surface area contributed by atoms with Crippen molar-refractivity contribution in [1.82, 2.24) is 12.3 Å². The quantitative estimate of drug-likeness (QED) is 0.341. The zero-order valence-corrected chi connectivity index (χ0v) is 17.8. The van der Waals surface area contributed by atoms with E-state index in [1.807, 2.05) is 32.2 Å². The van der Waals surface area contributed by atoms with Crippen molar-refractivity contribution in [2.24, 2.45) is 0 Å². The molecule has 0 aliphatic carbocycles. The van der Waals surface area contributed by atoms with Crippen LogP contribution in [0, 0.1) is 17.6 Å².